The second-order valence-electron chi connectivity index (χ2n) is 5.62. The number of rotatable bonds is 6. The molecule has 3 aromatic rings. The van der Waals surface area contributed by atoms with Crippen molar-refractivity contribution in [2.45, 2.75) is 6.54 Å². The summed E-state index contributed by atoms with van der Waals surface area (Å²) < 4.78 is 16.9. The molecule has 3 rings (SSSR count). The number of methoxy groups -OCH3 is 3. The van der Waals surface area contributed by atoms with Gasteiger partial charge in [0.25, 0.3) is 5.56 Å². The molecular weight excluding hydrogens is 350 g/mol. The first-order valence-electron chi connectivity index (χ1n) is 8.12. The Hall–Kier alpha value is -3.55. The first-order chi connectivity index (χ1) is 13.1. The molecule has 0 aliphatic heterocycles. The fourth-order valence-electron chi connectivity index (χ4n) is 2.77. The van der Waals surface area contributed by atoms with Gasteiger partial charge in [-0.3, -0.25) is 9.59 Å². The van der Waals surface area contributed by atoms with Gasteiger partial charge >= 0.3 is 0 Å². The molecule has 8 nitrogen and oxygen atoms in total. The summed E-state index contributed by atoms with van der Waals surface area (Å²) in [5, 5.41) is 7.69. The van der Waals surface area contributed by atoms with E-state index in [4.69, 9.17) is 14.2 Å². The van der Waals surface area contributed by atoms with Gasteiger partial charge in [-0.1, -0.05) is 12.1 Å². The zero-order chi connectivity index (χ0) is 19.4. The summed E-state index contributed by atoms with van der Waals surface area (Å²) in [5.74, 6) is 0.853. The number of carbonyl (C=O) groups is 1. The fourth-order valence-corrected chi connectivity index (χ4v) is 2.77. The average molecular weight is 369 g/mol. The molecule has 0 fully saturated rings. The van der Waals surface area contributed by atoms with Crippen molar-refractivity contribution in [3.05, 3.63) is 52.9 Å². The van der Waals surface area contributed by atoms with Crippen LogP contribution in [0.5, 0.6) is 17.2 Å². The molecule has 0 aliphatic carbocycles. The van der Waals surface area contributed by atoms with E-state index in [1.165, 1.54) is 27.5 Å². The summed E-state index contributed by atoms with van der Waals surface area (Å²) in [4.78, 5) is 25.2. The second-order valence-corrected chi connectivity index (χ2v) is 5.62. The highest BCUT2D eigenvalue weighted by Gasteiger charge is 2.16. The van der Waals surface area contributed by atoms with Gasteiger partial charge in [-0.2, -0.15) is 5.10 Å². The minimum Gasteiger partial charge on any atom is -0.495 e. The lowest BCUT2D eigenvalue weighted by Gasteiger charge is -2.12. The number of anilines is 1. The summed E-state index contributed by atoms with van der Waals surface area (Å²) in [5.41, 5.74) is 0.0662. The SMILES string of the molecule is COc1ccccc1NC(=O)Cn1ncc2ccc(OC)c(OC)c2c1=O. The summed E-state index contributed by atoms with van der Waals surface area (Å²) in [6.07, 6.45) is 1.51. The van der Waals surface area contributed by atoms with Gasteiger partial charge in [-0.25, -0.2) is 4.68 Å². The van der Waals surface area contributed by atoms with Crippen LogP contribution in [0, 0.1) is 0 Å². The third kappa shape index (κ3) is 3.55. The van der Waals surface area contributed by atoms with Crippen LogP contribution in [-0.4, -0.2) is 37.0 Å². The Morgan fingerprint density at radius 3 is 2.48 bits per heavy atom. The summed E-state index contributed by atoms with van der Waals surface area (Å²) >= 11 is 0. The highest BCUT2D eigenvalue weighted by Crippen LogP contribution is 2.32. The van der Waals surface area contributed by atoms with E-state index in [-0.39, 0.29) is 6.54 Å². The van der Waals surface area contributed by atoms with E-state index >= 15 is 0 Å². The minimum absolute atomic E-state index is 0.257. The molecule has 2 aromatic carbocycles. The van der Waals surface area contributed by atoms with E-state index in [2.05, 4.69) is 10.4 Å². The topological polar surface area (TPSA) is 91.7 Å². The lowest BCUT2D eigenvalue weighted by Crippen LogP contribution is -2.29. The predicted octanol–water partition coefficient (Wildman–Crippen LogP) is 2.06. The standard InChI is InChI=1S/C19H19N3O5/c1-25-14-7-5-4-6-13(14)21-16(23)11-22-19(24)17-12(10-20-22)8-9-15(26-2)18(17)27-3/h4-10H,11H2,1-3H3,(H,21,23). The Morgan fingerprint density at radius 2 is 1.78 bits per heavy atom. The lowest BCUT2D eigenvalue weighted by atomic mass is 10.1. The summed E-state index contributed by atoms with van der Waals surface area (Å²) in [6, 6.07) is 10.4. The van der Waals surface area contributed by atoms with Crippen LogP contribution < -0.4 is 25.1 Å². The largest absolute Gasteiger partial charge is 0.495 e. The van der Waals surface area contributed by atoms with Crippen LogP contribution in [0.2, 0.25) is 0 Å². The molecule has 140 valence electrons. The maximum atomic E-state index is 12.8. The Balaban J connectivity index is 1.94. The van der Waals surface area contributed by atoms with Crippen LogP contribution in [0.15, 0.2) is 47.4 Å². The van der Waals surface area contributed by atoms with Gasteiger partial charge < -0.3 is 19.5 Å². The van der Waals surface area contributed by atoms with E-state index in [0.29, 0.717) is 33.7 Å². The number of benzene rings is 2. The highest BCUT2D eigenvalue weighted by molar-refractivity contribution is 5.93. The highest BCUT2D eigenvalue weighted by atomic mass is 16.5. The Labute approximate surface area is 155 Å². The van der Waals surface area contributed by atoms with Crippen molar-refractivity contribution in [2.75, 3.05) is 26.6 Å². The van der Waals surface area contributed by atoms with E-state index in [9.17, 15) is 9.59 Å². The molecule has 1 aromatic heterocycles. The molecule has 1 N–H and O–H groups in total. The van der Waals surface area contributed by atoms with Crippen LogP contribution in [0.25, 0.3) is 10.8 Å². The fraction of sp³-hybridized carbons (Fsp3) is 0.211. The molecule has 0 radical (unpaired) electrons. The van der Waals surface area contributed by atoms with Crippen molar-refractivity contribution in [2.24, 2.45) is 0 Å². The van der Waals surface area contributed by atoms with Crippen molar-refractivity contribution in [1.82, 2.24) is 9.78 Å². The van der Waals surface area contributed by atoms with E-state index in [1.54, 1.807) is 36.4 Å². The van der Waals surface area contributed by atoms with Crippen LogP contribution in [0.3, 0.4) is 0 Å². The number of carbonyl (C=O) groups excluding carboxylic acids is 1. The third-order valence-electron chi connectivity index (χ3n) is 4.04. The van der Waals surface area contributed by atoms with Gasteiger partial charge in [-0.15, -0.1) is 0 Å². The van der Waals surface area contributed by atoms with Crippen molar-refractivity contribution >= 4 is 22.4 Å². The molecule has 0 saturated heterocycles. The quantitative estimate of drug-likeness (QED) is 0.715. The first-order valence-corrected chi connectivity index (χ1v) is 8.12. The van der Waals surface area contributed by atoms with Crippen LogP contribution in [0.4, 0.5) is 5.69 Å². The van der Waals surface area contributed by atoms with Crippen LogP contribution in [-0.2, 0) is 11.3 Å². The molecule has 0 atom stereocenters. The van der Waals surface area contributed by atoms with Crippen molar-refractivity contribution < 1.29 is 19.0 Å². The van der Waals surface area contributed by atoms with E-state index < -0.39 is 11.5 Å². The minimum atomic E-state index is -0.446. The normalized spacial score (nSPS) is 10.5. The molecule has 1 amide bonds. The number of amides is 1. The van der Waals surface area contributed by atoms with Gasteiger partial charge in [0.05, 0.1) is 38.6 Å². The number of ether oxygens (including phenoxy) is 3. The molecule has 0 unspecified atom stereocenters. The van der Waals surface area contributed by atoms with E-state index in [0.717, 1.165) is 4.68 Å². The zero-order valence-electron chi connectivity index (χ0n) is 15.2. The number of hydrogen-bond donors (Lipinski definition) is 1. The molecule has 0 bridgehead atoms. The smallest absolute Gasteiger partial charge is 0.279 e. The predicted molar refractivity (Wildman–Crippen MR) is 101 cm³/mol. The van der Waals surface area contributed by atoms with Gasteiger partial charge in [0, 0.05) is 5.39 Å². The van der Waals surface area contributed by atoms with Gasteiger partial charge in [0.2, 0.25) is 5.91 Å². The number of hydrogen-bond acceptors (Lipinski definition) is 6. The third-order valence-corrected chi connectivity index (χ3v) is 4.04. The van der Waals surface area contributed by atoms with Crippen molar-refractivity contribution in [1.29, 1.82) is 0 Å². The number of nitrogens with zero attached hydrogens (tertiary/aromatic N) is 2. The first kappa shape index (κ1) is 18.2. The van der Waals surface area contributed by atoms with Crippen molar-refractivity contribution in [3.8, 4) is 17.2 Å². The average Bonchev–Trinajstić information content (AvgIpc) is 2.69. The molecule has 8 heteroatoms. The maximum Gasteiger partial charge on any atom is 0.279 e. The van der Waals surface area contributed by atoms with Crippen LogP contribution >= 0.6 is 0 Å². The summed E-state index contributed by atoms with van der Waals surface area (Å²) in [7, 11) is 4.46. The molecule has 0 saturated carbocycles. The number of aromatic nitrogens is 2. The molecule has 0 spiro atoms. The maximum absolute atomic E-state index is 12.8. The molecule has 27 heavy (non-hydrogen) atoms. The van der Waals surface area contributed by atoms with Gasteiger partial charge in [0.15, 0.2) is 11.5 Å². The molecule has 0 aliphatic rings. The zero-order valence-corrected chi connectivity index (χ0v) is 15.2. The van der Waals surface area contributed by atoms with Gasteiger partial charge in [0.1, 0.15) is 12.3 Å². The summed E-state index contributed by atoms with van der Waals surface area (Å²) in [6.45, 7) is -0.257. The second kappa shape index (κ2) is 7.77. The molecular formula is C19H19N3O5. The van der Waals surface area contributed by atoms with E-state index in [1.807, 2.05) is 0 Å². The lowest BCUT2D eigenvalue weighted by molar-refractivity contribution is -0.117. The van der Waals surface area contributed by atoms with Gasteiger partial charge in [-0.05, 0) is 24.3 Å². The number of nitrogens with one attached hydrogen (secondary N) is 1. The Kier molecular flexibility index (Phi) is 5.25. The monoisotopic (exact) mass is 369 g/mol. The molecule has 1 heterocycles. The Morgan fingerprint density at radius 1 is 1.04 bits per heavy atom. The Bertz CT molecular complexity index is 1050. The van der Waals surface area contributed by atoms with Crippen molar-refractivity contribution in [3.63, 3.8) is 0 Å². The number of para-hydroxylation sites is 2. The van der Waals surface area contributed by atoms with Crippen LogP contribution in [0.1, 0.15) is 0 Å². The number of fused-ring (bicyclic) bond motifs is 1.